The Hall–Kier alpha value is -0.220. The molecule has 0 radical (unpaired) electrons. The Labute approximate surface area is 85.1 Å². The van der Waals surface area contributed by atoms with Crippen LogP contribution in [0.1, 0.15) is 26.2 Å². The summed E-state index contributed by atoms with van der Waals surface area (Å²) in [5.41, 5.74) is 5.75. The normalized spacial score (nSPS) is 21.6. The van der Waals surface area contributed by atoms with E-state index in [1.165, 1.54) is 0 Å². The summed E-state index contributed by atoms with van der Waals surface area (Å²) in [6.45, 7) is 3.58. The van der Waals surface area contributed by atoms with Crippen LogP contribution in [-0.4, -0.2) is 35.2 Å². The van der Waals surface area contributed by atoms with Crippen LogP contribution in [0.2, 0.25) is 0 Å². The van der Waals surface area contributed by atoms with Crippen LogP contribution in [-0.2, 0) is 4.79 Å². The van der Waals surface area contributed by atoms with Crippen molar-refractivity contribution in [3.05, 3.63) is 0 Å². The van der Waals surface area contributed by atoms with Gasteiger partial charge in [-0.1, -0.05) is 6.92 Å². The van der Waals surface area contributed by atoms with Gasteiger partial charge in [-0.15, -0.1) is 0 Å². The molecule has 4 heteroatoms. The molecule has 0 spiro atoms. The molecule has 0 aromatic rings. The van der Waals surface area contributed by atoms with Crippen LogP contribution in [0, 0.1) is 0 Å². The van der Waals surface area contributed by atoms with Crippen molar-refractivity contribution >= 4 is 18.5 Å². The van der Waals surface area contributed by atoms with Gasteiger partial charge in [0.15, 0.2) is 0 Å². The second-order valence-corrected chi connectivity index (χ2v) is 4.21. The molecular formula is C9H18N2OS. The monoisotopic (exact) mass is 202 g/mol. The third kappa shape index (κ3) is 2.88. The van der Waals surface area contributed by atoms with Gasteiger partial charge in [-0.25, -0.2) is 0 Å². The first-order valence-electron chi connectivity index (χ1n) is 4.87. The molecule has 1 aliphatic heterocycles. The molecule has 1 heterocycles. The van der Waals surface area contributed by atoms with Crippen LogP contribution >= 0.6 is 12.6 Å². The fourth-order valence-electron chi connectivity index (χ4n) is 1.51. The summed E-state index contributed by atoms with van der Waals surface area (Å²) in [6.07, 6.45) is 2.65. The minimum absolute atomic E-state index is 0.130. The second-order valence-electron chi connectivity index (χ2n) is 3.59. The lowest BCUT2D eigenvalue weighted by molar-refractivity contribution is -0.131. The van der Waals surface area contributed by atoms with Crippen LogP contribution in [0.5, 0.6) is 0 Å². The molecule has 13 heavy (non-hydrogen) atoms. The van der Waals surface area contributed by atoms with Crippen LogP contribution < -0.4 is 5.73 Å². The molecule has 0 bridgehead atoms. The Kier molecular flexibility index (Phi) is 4.06. The Balaban J connectivity index is 2.40. The average Bonchev–Trinajstić information content (AvgIpc) is 2.17. The van der Waals surface area contributed by atoms with E-state index in [-0.39, 0.29) is 17.2 Å². The van der Waals surface area contributed by atoms with Gasteiger partial charge in [0.05, 0.1) is 5.25 Å². The fraction of sp³-hybridized carbons (Fsp3) is 0.889. The van der Waals surface area contributed by atoms with Crippen molar-refractivity contribution in [3.63, 3.8) is 0 Å². The van der Waals surface area contributed by atoms with E-state index >= 15 is 0 Å². The number of piperidine rings is 1. The number of carbonyl (C=O) groups excluding carboxylic acids is 1. The number of likely N-dealkylation sites (tertiary alicyclic amines) is 1. The Morgan fingerprint density at radius 2 is 2.15 bits per heavy atom. The standard InChI is InChI=1S/C9H18N2OS/c1-2-8(13)9(12)11-5-3-7(10)4-6-11/h7-8,13H,2-6,10H2,1H3. The van der Waals surface area contributed by atoms with Crippen molar-refractivity contribution in [2.24, 2.45) is 5.73 Å². The SMILES string of the molecule is CCC(S)C(=O)N1CCC(N)CC1. The highest BCUT2D eigenvalue weighted by Crippen LogP contribution is 2.12. The van der Waals surface area contributed by atoms with Gasteiger partial charge in [0.1, 0.15) is 0 Å². The number of hydrogen-bond donors (Lipinski definition) is 2. The van der Waals surface area contributed by atoms with Crippen molar-refractivity contribution < 1.29 is 4.79 Å². The molecule has 1 aliphatic rings. The van der Waals surface area contributed by atoms with Gasteiger partial charge in [-0.05, 0) is 19.3 Å². The molecule has 0 aliphatic carbocycles. The summed E-state index contributed by atoms with van der Waals surface area (Å²) >= 11 is 4.24. The molecule has 1 saturated heterocycles. The minimum Gasteiger partial charge on any atom is -0.342 e. The van der Waals surface area contributed by atoms with Gasteiger partial charge < -0.3 is 10.6 Å². The van der Waals surface area contributed by atoms with E-state index in [0.717, 1.165) is 32.4 Å². The number of hydrogen-bond acceptors (Lipinski definition) is 3. The number of nitrogens with zero attached hydrogens (tertiary/aromatic N) is 1. The largest absolute Gasteiger partial charge is 0.342 e. The van der Waals surface area contributed by atoms with E-state index in [0.29, 0.717) is 0 Å². The van der Waals surface area contributed by atoms with Gasteiger partial charge in [-0.2, -0.15) is 12.6 Å². The fourth-order valence-corrected chi connectivity index (χ4v) is 1.67. The van der Waals surface area contributed by atoms with Crippen LogP contribution in [0.15, 0.2) is 0 Å². The topological polar surface area (TPSA) is 46.3 Å². The van der Waals surface area contributed by atoms with Crippen LogP contribution in [0.25, 0.3) is 0 Å². The number of carbonyl (C=O) groups is 1. The predicted molar refractivity (Wildman–Crippen MR) is 56.9 cm³/mol. The van der Waals surface area contributed by atoms with Crippen molar-refractivity contribution in [1.82, 2.24) is 4.90 Å². The van der Waals surface area contributed by atoms with Crippen LogP contribution in [0.3, 0.4) is 0 Å². The number of rotatable bonds is 2. The van der Waals surface area contributed by atoms with Crippen LogP contribution in [0.4, 0.5) is 0 Å². The molecule has 1 rings (SSSR count). The summed E-state index contributed by atoms with van der Waals surface area (Å²) in [4.78, 5) is 13.5. The molecule has 1 unspecified atom stereocenters. The minimum atomic E-state index is -0.130. The number of nitrogens with two attached hydrogens (primary N) is 1. The highest BCUT2D eigenvalue weighted by atomic mass is 32.1. The van der Waals surface area contributed by atoms with E-state index in [1.807, 2.05) is 11.8 Å². The van der Waals surface area contributed by atoms with Gasteiger partial charge in [0, 0.05) is 19.1 Å². The van der Waals surface area contributed by atoms with Gasteiger partial charge in [-0.3, -0.25) is 4.79 Å². The summed E-state index contributed by atoms with van der Waals surface area (Å²) in [6, 6.07) is 0.282. The second kappa shape index (κ2) is 4.86. The molecule has 0 saturated carbocycles. The molecule has 1 amide bonds. The van der Waals surface area contributed by atoms with E-state index < -0.39 is 0 Å². The molecule has 0 aromatic heterocycles. The maximum atomic E-state index is 11.6. The quantitative estimate of drug-likeness (QED) is 0.646. The van der Waals surface area contributed by atoms with E-state index in [4.69, 9.17) is 5.73 Å². The molecule has 76 valence electrons. The average molecular weight is 202 g/mol. The molecule has 1 atom stereocenters. The number of thiol groups is 1. The summed E-state index contributed by atoms with van der Waals surface area (Å²) in [5.74, 6) is 0.165. The van der Waals surface area contributed by atoms with Gasteiger partial charge in [0.2, 0.25) is 5.91 Å². The van der Waals surface area contributed by atoms with E-state index in [9.17, 15) is 4.79 Å². The van der Waals surface area contributed by atoms with E-state index in [2.05, 4.69) is 12.6 Å². The maximum absolute atomic E-state index is 11.6. The van der Waals surface area contributed by atoms with Gasteiger partial charge >= 0.3 is 0 Å². The lowest BCUT2D eigenvalue weighted by atomic mass is 10.1. The lowest BCUT2D eigenvalue weighted by Crippen LogP contribution is -2.45. The highest BCUT2D eigenvalue weighted by molar-refractivity contribution is 7.81. The van der Waals surface area contributed by atoms with Crippen molar-refractivity contribution in [2.75, 3.05) is 13.1 Å². The Morgan fingerprint density at radius 1 is 1.62 bits per heavy atom. The molecular weight excluding hydrogens is 184 g/mol. The van der Waals surface area contributed by atoms with Crippen molar-refractivity contribution in [2.45, 2.75) is 37.5 Å². The zero-order valence-electron chi connectivity index (χ0n) is 8.07. The molecule has 2 N–H and O–H groups in total. The Bertz CT molecular complexity index is 178. The molecule has 0 aromatic carbocycles. The van der Waals surface area contributed by atoms with E-state index in [1.54, 1.807) is 0 Å². The third-order valence-electron chi connectivity index (χ3n) is 2.52. The predicted octanol–water partition coefficient (Wildman–Crippen LogP) is 0.645. The molecule has 3 nitrogen and oxygen atoms in total. The smallest absolute Gasteiger partial charge is 0.235 e. The zero-order chi connectivity index (χ0) is 9.84. The first-order chi connectivity index (χ1) is 6.15. The number of amides is 1. The summed E-state index contributed by atoms with van der Waals surface area (Å²) in [5, 5.41) is -0.130. The summed E-state index contributed by atoms with van der Waals surface area (Å²) < 4.78 is 0. The first kappa shape index (κ1) is 10.9. The summed E-state index contributed by atoms with van der Waals surface area (Å²) in [7, 11) is 0. The lowest BCUT2D eigenvalue weighted by Gasteiger charge is -2.31. The van der Waals surface area contributed by atoms with Crippen molar-refractivity contribution in [1.29, 1.82) is 0 Å². The van der Waals surface area contributed by atoms with Crippen molar-refractivity contribution in [3.8, 4) is 0 Å². The first-order valence-corrected chi connectivity index (χ1v) is 5.39. The molecule has 1 fully saturated rings. The Morgan fingerprint density at radius 3 is 2.62 bits per heavy atom. The third-order valence-corrected chi connectivity index (χ3v) is 3.11. The van der Waals surface area contributed by atoms with Gasteiger partial charge in [0.25, 0.3) is 0 Å². The maximum Gasteiger partial charge on any atom is 0.235 e. The highest BCUT2D eigenvalue weighted by Gasteiger charge is 2.23. The zero-order valence-corrected chi connectivity index (χ0v) is 8.96.